The molecule has 0 saturated carbocycles. The Kier molecular flexibility index (Phi) is 3.92. The first-order chi connectivity index (χ1) is 11.8. The van der Waals surface area contributed by atoms with E-state index in [1.54, 1.807) is 35.9 Å². The molecule has 0 aliphatic heterocycles. The number of halogens is 1. The van der Waals surface area contributed by atoms with E-state index in [4.69, 9.17) is 0 Å². The fourth-order valence-corrected chi connectivity index (χ4v) is 3.59. The van der Waals surface area contributed by atoms with E-state index in [9.17, 15) is 4.39 Å². The monoisotopic (exact) mass is 335 g/mol. The Labute approximate surface area is 142 Å². The highest BCUT2D eigenvalue weighted by Crippen LogP contribution is 2.37. The number of nitrogens with one attached hydrogen (secondary N) is 1. The Bertz CT molecular complexity index is 965. The lowest BCUT2D eigenvalue weighted by atomic mass is 10.0. The molecule has 0 saturated heterocycles. The van der Waals surface area contributed by atoms with Crippen LogP contribution in [0.15, 0.2) is 66.3 Å². The van der Waals surface area contributed by atoms with Crippen LogP contribution in [0.5, 0.6) is 0 Å². The molecule has 4 aromatic rings. The fourth-order valence-electron chi connectivity index (χ4n) is 2.64. The van der Waals surface area contributed by atoms with Gasteiger partial charge in [-0.05, 0) is 35.9 Å². The standard InChI is InChI=1S/C19H14FN3S/c20-14-6-4-13(5-7-14)16-12-24-19-18(16)17(8-10-22-19)23-11-15-3-1-2-9-21-15/h1-10,12H,11H2,(H,22,23). The largest absolute Gasteiger partial charge is 0.379 e. The molecule has 0 aliphatic rings. The second-order valence-electron chi connectivity index (χ2n) is 5.37. The first-order valence-electron chi connectivity index (χ1n) is 7.57. The van der Waals surface area contributed by atoms with Crippen LogP contribution in [0.2, 0.25) is 0 Å². The van der Waals surface area contributed by atoms with Crippen LogP contribution in [-0.4, -0.2) is 9.97 Å². The summed E-state index contributed by atoms with van der Waals surface area (Å²) in [6.07, 6.45) is 3.59. The van der Waals surface area contributed by atoms with Gasteiger partial charge in [0.05, 0.1) is 12.2 Å². The van der Waals surface area contributed by atoms with Gasteiger partial charge in [-0.2, -0.15) is 0 Å². The van der Waals surface area contributed by atoms with Crippen LogP contribution in [0.1, 0.15) is 5.69 Å². The molecule has 118 valence electrons. The quantitative estimate of drug-likeness (QED) is 0.563. The van der Waals surface area contributed by atoms with Crippen LogP contribution in [0.4, 0.5) is 10.1 Å². The number of aromatic nitrogens is 2. The van der Waals surface area contributed by atoms with Gasteiger partial charge in [0, 0.05) is 34.4 Å². The van der Waals surface area contributed by atoms with Crippen molar-refractivity contribution in [3.63, 3.8) is 0 Å². The van der Waals surface area contributed by atoms with Gasteiger partial charge >= 0.3 is 0 Å². The Balaban J connectivity index is 1.73. The van der Waals surface area contributed by atoms with E-state index in [-0.39, 0.29) is 5.82 Å². The predicted molar refractivity (Wildman–Crippen MR) is 96.6 cm³/mol. The number of hydrogen-bond donors (Lipinski definition) is 1. The average molecular weight is 335 g/mol. The molecule has 0 unspecified atom stereocenters. The highest BCUT2D eigenvalue weighted by Gasteiger charge is 2.12. The Morgan fingerprint density at radius 2 is 1.83 bits per heavy atom. The highest BCUT2D eigenvalue weighted by molar-refractivity contribution is 7.17. The lowest BCUT2D eigenvalue weighted by Gasteiger charge is -2.09. The summed E-state index contributed by atoms with van der Waals surface area (Å²) >= 11 is 1.59. The van der Waals surface area contributed by atoms with Gasteiger partial charge in [0.15, 0.2) is 0 Å². The SMILES string of the molecule is Fc1ccc(-c2csc3nccc(NCc4ccccn4)c23)cc1. The van der Waals surface area contributed by atoms with Crippen molar-refractivity contribution in [1.29, 1.82) is 0 Å². The maximum Gasteiger partial charge on any atom is 0.125 e. The van der Waals surface area contributed by atoms with Crippen molar-refractivity contribution in [2.75, 3.05) is 5.32 Å². The molecule has 0 aliphatic carbocycles. The fraction of sp³-hybridized carbons (Fsp3) is 0.0526. The van der Waals surface area contributed by atoms with Gasteiger partial charge in [-0.1, -0.05) is 18.2 Å². The number of thiophene rings is 1. The summed E-state index contributed by atoms with van der Waals surface area (Å²) in [5.74, 6) is -0.232. The van der Waals surface area contributed by atoms with E-state index in [2.05, 4.69) is 20.7 Å². The lowest BCUT2D eigenvalue weighted by molar-refractivity contribution is 0.628. The number of benzene rings is 1. The molecule has 24 heavy (non-hydrogen) atoms. The Morgan fingerprint density at radius 1 is 0.958 bits per heavy atom. The van der Waals surface area contributed by atoms with Crippen LogP contribution in [0, 0.1) is 5.82 Å². The minimum Gasteiger partial charge on any atom is -0.379 e. The zero-order valence-electron chi connectivity index (χ0n) is 12.7. The highest BCUT2D eigenvalue weighted by atomic mass is 32.1. The lowest BCUT2D eigenvalue weighted by Crippen LogP contribution is -2.01. The van der Waals surface area contributed by atoms with E-state index >= 15 is 0 Å². The average Bonchev–Trinajstić information content (AvgIpc) is 3.06. The molecule has 3 heterocycles. The van der Waals surface area contributed by atoms with Crippen molar-refractivity contribution < 1.29 is 4.39 Å². The maximum absolute atomic E-state index is 13.2. The van der Waals surface area contributed by atoms with Crippen molar-refractivity contribution in [1.82, 2.24) is 9.97 Å². The van der Waals surface area contributed by atoms with Gasteiger partial charge in [-0.25, -0.2) is 9.37 Å². The van der Waals surface area contributed by atoms with Crippen LogP contribution in [-0.2, 0) is 6.54 Å². The Hall–Kier alpha value is -2.79. The van der Waals surface area contributed by atoms with E-state index in [1.165, 1.54) is 12.1 Å². The zero-order valence-corrected chi connectivity index (χ0v) is 13.6. The Morgan fingerprint density at radius 3 is 2.62 bits per heavy atom. The van der Waals surface area contributed by atoms with Crippen LogP contribution in [0.3, 0.4) is 0 Å². The van der Waals surface area contributed by atoms with E-state index in [1.807, 2.05) is 24.3 Å². The van der Waals surface area contributed by atoms with E-state index in [0.717, 1.165) is 32.7 Å². The minimum absolute atomic E-state index is 0.232. The van der Waals surface area contributed by atoms with Gasteiger partial charge in [0.1, 0.15) is 10.6 Å². The molecule has 0 radical (unpaired) electrons. The summed E-state index contributed by atoms with van der Waals surface area (Å²) in [6, 6.07) is 14.4. The topological polar surface area (TPSA) is 37.8 Å². The second-order valence-corrected chi connectivity index (χ2v) is 6.23. The molecule has 3 nitrogen and oxygen atoms in total. The molecular formula is C19H14FN3S. The first kappa shape index (κ1) is 14.8. The minimum atomic E-state index is -0.232. The number of hydrogen-bond acceptors (Lipinski definition) is 4. The molecule has 0 spiro atoms. The number of anilines is 1. The number of rotatable bonds is 4. The summed E-state index contributed by atoms with van der Waals surface area (Å²) in [7, 11) is 0. The zero-order chi connectivity index (χ0) is 16.4. The molecule has 3 aromatic heterocycles. The van der Waals surface area contributed by atoms with Crippen LogP contribution < -0.4 is 5.32 Å². The molecule has 5 heteroatoms. The molecule has 4 rings (SSSR count). The predicted octanol–water partition coefficient (Wildman–Crippen LogP) is 5.11. The summed E-state index contributed by atoms with van der Waals surface area (Å²) in [4.78, 5) is 9.74. The number of fused-ring (bicyclic) bond motifs is 1. The van der Waals surface area contributed by atoms with Crippen LogP contribution >= 0.6 is 11.3 Å². The summed E-state index contributed by atoms with van der Waals surface area (Å²) in [6.45, 7) is 0.638. The maximum atomic E-state index is 13.2. The molecule has 0 amide bonds. The van der Waals surface area contributed by atoms with Crippen LogP contribution in [0.25, 0.3) is 21.3 Å². The van der Waals surface area contributed by atoms with Crippen molar-refractivity contribution in [2.24, 2.45) is 0 Å². The number of pyridine rings is 2. The molecule has 1 aromatic carbocycles. The molecule has 0 bridgehead atoms. The van der Waals surface area contributed by atoms with Gasteiger partial charge in [-0.3, -0.25) is 4.98 Å². The van der Waals surface area contributed by atoms with Crippen molar-refractivity contribution in [2.45, 2.75) is 6.54 Å². The molecule has 0 atom stereocenters. The second kappa shape index (κ2) is 6.37. The third-order valence-corrected chi connectivity index (χ3v) is 4.70. The smallest absolute Gasteiger partial charge is 0.125 e. The van der Waals surface area contributed by atoms with Gasteiger partial charge in [-0.15, -0.1) is 11.3 Å². The molecule has 0 fully saturated rings. The van der Waals surface area contributed by atoms with Gasteiger partial charge in [0.2, 0.25) is 0 Å². The van der Waals surface area contributed by atoms with Crippen molar-refractivity contribution in [3.8, 4) is 11.1 Å². The van der Waals surface area contributed by atoms with Gasteiger partial charge in [0.25, 0.3) is 0 Å². The summed E-state index contributed by atoms with van der Waals surface area (Å²) in [5, 5.41) is 6.57. The van der Waals surface area contributed by atoms with Crippen molar-refractivity contribution in [3.05, 3.63) is 77.8 Å². The molecule has 1 N–H and O–H groups in total. The first-order valence-corrected chi connectivity index (χ1v) is 8.45. The number of nitrogens with zero attached hydrogens (tertiary/aromatic N) is 2. The molecular weight excluding hydrogens is 321 g/mol. The summed E-state index contributed by atoms with van der Waals surface area (Å²) in [5.41, 5.74) is 4.02. The van der Waals surface area contributed by atoms with E-state index < -0.39 is 0 Å². The third-order valence-electron chi connectivity index (χ3n) is 3.82. The third kappa shape index (κ3) is 2.86. The van der Waals surface area contributed by atoms with Gasteiger partial charge < -0.3 is 5.32 Å². The van der Waals surface area contributed by atoms with Crippen molar-refractivity contribution >= 4 is 27.2 Å². The van der Waals surface area contributed by atoms with E-state index in [0.29, 0.717) is 6.54 Å². The summed E-state index contributed by atoms with van der Waals surface area (Å²) < 4.78 is 13.2. The normalized spacial score (nSPS) is 10.9.